The molecule has 7 rings (SSSR count). The first kappa shape index (κ1) is 27.7. The fourth-order valence-corrected chi connectivity index (χ4v) is 5.59. The highest BCUT2D eigenvalue weighted by molar-refractivity contribution is 5.85. The lowest BCUT2D eigenvalue weighted by atomic mass is 9.95. The smallest absolute Gasteiger partial charge is 0.339 e. The van der Waals surface area contributed by atoms with Gasteiger partial charge < -0.3 is 32.9 Å². The maximum Gasteiger partial charge on any atom is 0.339 e. The number of aromatic hydroxyl groups is 2. The molecule has 0 bridgehead atoms. The summed E-state index contributed by atoms with van der Waals surface area (Å²) in [5, 5.41) is 21.2. The fourth-order valence-electron chi connectivity index (χ4n) is 5.59. The summed E-state index contributed by atoms with van der Waals surface area (Å²) in [7, 11) is 0. The number of phenols is 2. The van der Waals surface area contributed by atoms with Crippen molar-refractivity contribution in [2.45, 2.75) is 26.1 Å². The summed E-state index contributed by atoms with van der Waals surface area (Å²) in [5.41, 5.74) is 0.943. The van der Waals surface area contributed by atoms with Crippen LogP contribution in [0.4, 0.5) is 0 Å². The SMILES string of the molecule is CC(=O)OC1Oc2ccc(Cc3cc(=O)oc4c(O)cccc34)cc2-c2oc(=O)c(Cc3cc(=O)oc4ccc(O)cc34)cc21. The summed E-state index contributed by atoms with van der Waals surface area (Å²) in [4.78, 5) is 49.9. The van der Waals surface area contributed by atoms with E-state index in [-0.39, 0.29) is 52.4 Å². The summed E-state index contributed by atoms with van der Waals surface area (Å²) in [6.45, 7) is 1.22. The number of fused-ring (bicyclic) bond motifs is 5. The second-order valence-corrected chi connectivity index (χ2v) is 10.6. The van der Waals surface area contributed by atoms with Crippen molar-refractivity contribution in [3.63, 3.8) is 0 Å². The van der Waals surface area contributed by atoms with Crippen molar-refractivity contribution in [3.05, 3.63) is 132 Å². The fraction of sp³-hybridized carbons (Fsp3) is 0.118. The van der Waals surface area contributed by atoms with E-state index in [4.69, 9.17) is 22.7 Å². The second kappa shape index (κ2) is 10.6. The zero-order valence-corrected chi connectivity index (χ0v) is 23.5. The molecule has 0 aliphatic carbocycles. The van der Waals surface area contributed by atoms with Crippen molar-refractivity contribution in [1.82, 2.24) is 0 Å². The second-order valence-electron chi connectivity index (χ2n) is 10.6. The van der Waals surface area contributed by atoms with Gasteiger partial charge in [-0.1, -0.05) is 18.2 Å². The maximum absolute atomic E-state index is 13.4. The highest BCUT2D eigenvalue weighted by Gasteiger charge is 2.32. The molecule has 4 heterocycles. The third-order valence-corrected chi connectivity index (χ3v) is 7.52. The average Bonchev–Trinajstić information content (AvgIpc) is 2.98. The van der Waals surface area contributed by atoms with E-state index < -0.39 is 29.1 Å². The Balaban J connectivity index is 1.33. The molecular formula is C34H22O11. The van der Waals surface area contributed by atoms with Gasteiger partial charge in [0.25, 0.3) is 6.29 Å². The number of carbonyl (C=O) groups excluding carboxylic acids is 1. The van der Waals surface area contributed by atoms with Crippen LogP contribution < -0.4 is 21.6 Å². The molecule has 0 saturated heterocycles. The number of esters is 1. The Morgan fingerprint density at radius 3 is 2.38 bits per heavy atom. The van der Waals surface area contributed by atoms with Crippen LogP contribution in [0.15, 0.2) is 100 Å². The van der Waals surface area contributed by atoms with Gasteiger partial charge in [0.05, 0.1) is 11.1 Å². The zero-order chi connectivity index (χ0) is 31.4. The summed E-state index contributed by atoms with van der Waals surface area (Å²) in [6, 6.07) is 18.3. The predicted molar refractivity (Wildman–Crippen MR) is 159 cm³/mol. The Bertz CT molecular complexity index is 2360. The molecule has 6 aromatic rings. The minimum absolute atomic E-state index is 0.0491. The number of rotatable bonds is 5. The molecule has 0 spiro atoms. The molecule has 0 saturated carbocycles. The molecule has 3 aromatic heterocycles. The number of carbonyl (C=O) groups is 1. The minimum Gasteiger partial charge on any atom is -0.508 e. The third kappa shape index (κ3) is 5.10. The minimum atomic E-state index is -1.23. The quantitative estimate of drug-likeness (QED) is 0.199. The van der Waals surface area contributed by atoms with Gasteiger partial charge in [0, 0.05) is 41.8 Å². The maximum atomic E-state index is 13.4. The van der Waals surface area contributed by atoms with Crippen LogP contribution >= 0.6 is 0 Å². The summed E-state index contributed by atoms with van der Waals surface area (Å²) >= 11 is 0. The molecule has 1 unspecified atom stereocenters. The predicted octanol–water partition coefficient (Wildman–Crippen LogP) is 5.07. The van der Waals surface area contributed by atoms with Crippen LogP contribution in [0.1, 0.15) is 41.0 Å². The van der Waals surface area contributed by atoms with E-state index >= 15 is 0 Å². The largest absolute Gasteiger partial charge is 0.508 e. The lowest BCUT2D eigenvalue weighted by Crippen LogP contribution is -2.22. The van der Waals surface area contributed by atoms with Gasteiger partial charge in [0.1, 0.15) is 17.1 Å². The normalized spacial score (nSPS) is 13.7. The Kier molecular flexibility index (Phi) is 6.51. The first-order valence-electron chi connectivity index (χ1n) is 13.8. The van der Waals surface area contributed by atoms with Crippen LogP contribution in [-0.2, 0) is 22.4 Å². The van der Waals surface area contributed by atoms with Crippen LogP contribution in [0.3, 0.4) is 0 Å². The van der Waals surface area contributed by atoms with E-state index in [1.165, 1.54) is 49.4 Å². The third-order valence-electron chi connectivity index (χ3n) is 7.52. The summed E-state index contributed by atoms with van der Waals surface area (Å²) in [5.74, 6) is -0.408. The van der Waals surface area contributed by atoms with Crippen LogP contribution in [0.25, 0.3) is 33.3 Å². The van der Waals surface area contributed by atoms with Crippen LogP contribution in [0.2, 0.25) is 0 Å². The summed E-state index contributed by atoms with van der Waals surface area (Å²) in [6.07, 6.45) is -1.02. The lowest BCUT2D eigenvalue weighted by Gasteiger charge is -2.27. The Morgan fingerprint density at radius 1 is 0.800 bits per heavy atom. The molecule has 1 aliphatic heterocycles. The molecule has 2 N–H and O–H groups in total. The number of hydrogen-bond acceptors (Lipinski definition) is 11. The van der Waals surface area contributed by atoms with Crippen LogP contribution in [0, 0.1) is 0 Å². The van der Waals surface area contributed by atoms with Gasteiger partial charge in [-0.15, -0.1) is 0 Å². The van der Waals surface area contributed by atoms with E-state index in [1.54, 1.807) is 30.3 Å². The average molecular weight is 607 g/mol. The van der Waals surface area contributed by atoms with Crippen molar-refractivity contribution in [2.75, 3.05) is 0 Å². The van der Waals surface area contributed by atoms with Gasteiger partial charge in [0.2, 0.25) is 0 Å². The number of ether oxygens (including phenoxy) is 2. The molecule has 224 valence electrons. The molecule has 3 aromatic carbocycles. The Hall–Kier alpha value is -6.10. The van der Waals surface area contributed by atoms with Crippen LogP contribution in [0.5, 0.6) is 17.2 Å². The molecule has 1 atom stereocenters. The van der Waals surface area contributed by atoms with Gasteiger partial charge in [-0.3, -0.25) is 4.79 Å². The standard InChI is InChI=1S/C34H22O11/c1-16(35)41-34-25-12-20(11-19-14-29(38)42-27-8-6-21(36)15-23(19)27)33(40)45-31(25)24-10-17(5-7-28(24)43-34)9-18-13-30(39)44-32-22(18)3-2-4-26(32)37/h2-8,10,12-15,34,36-37H,9,11H2,1H3. The molecule has 11 heteroatoms. The van der Waals surface area contributed by atoms with Gasteiger partial charge in [0.15, 0.2) is 17.1 Å². The Morgan fingerprint density at radius 2 is 1.58 bits per heavy atom. The van der Waals surface area contributed by atoms with Crippen molar-refractivity contribution in [3.8, 4) is 28.6 Å². The molecular weight excluding hydrogens is 584 g/mol. The van der Waals surface area contributed by atoms with E-state index in [0.29, 0.717) is 33.2 Å². The van der Waals surface area contributed by atoms with Gasteiger partial charge >= 0.3 is 22.8 Å². The number of para-hydroxylation sites is 1. The monoisotopic (exact) mass is 606 g/mol. The topological polar surface area (TPSA) is 167 Å². The highest BCUT2D eigenvalue weighted by atomic mass is 16.7. The van der Waals surface area contributed by atoms with E-state index in [0.717, 1.165) is 5.56 Å². The van der Waals surface area contributed by atoms with E-state index in [1.807, 2.05) is 0 Å². The highest BCUT2D eigenvalue weighted by Crippen LogP contribution is 2.43. The van der Waals surface area contributed by atoms with E-state index in [2.05, 4.69) is 0 Å². The number of hydrogen-bond donors (Lipinski definition) is 2. The summed E-state index contributed by atoms with van der Waals surface area (Å²) < 4.78 is 27.7. The molecule has 0 radical (unpaired) electrons. The lowest BCUT2D eigenvalue weighted by molar-refractivity contribution is -0.162. The van der Waals surface area contributed by atoms with Gasteiger partial charge in [-0.2, -0.15) is 0 Å². The molecule has 11 nitrogen and oxygen atoms in total. The Labute approximate surface area is 252 Å². The van der Waals surface area contributed by atoms with E-state index in [9.17, 15) is 29.4 Å². The van der Waals surface area contributed by atoms with Crippen molar-refractivity contribution >= 4 is 27.9 Å². The van der Waals surface area contributed by atoms with Crippen molar-refractivity contribution < 1.29 is 37.7 Å². The van der Waals surface area contributed by atoms with Gasteiger partial charge in [-0.25, -0.2) is 14.4 Å². The molecule has 0 amide bonds. The van der Waals surface area contributed by atoms with Crippen molar-refractivity contribution in [1.29, 1.82) is 0 Å². The number of phenolic OH excluding ortho intramolecular Hbond substituents is 2. The van der Waals surface area contributed by atoms with Gasteiger partial charge in [-0.05, 0) is 65.6 Å². The zero-order valence-electron chi connectivity index (χ0n) is 23.5. The van der Waals surface area contributed by atoms with Crippen molar-refractivity contribution in [2.24, 2.45) is 0 Å². The first-order chi connectivity index (χ1) is 21.6. The molecule has 0 fully saturated rings. The molecule has 1 aliphatic rings. The molecule has 45 heavy (non-hydrogen) atoms. The van der Waals surface area contributed by atoms with Crippen LogP contribution in [-0.4, -0.2) is 16.2 Å². The number of benzene rings is 3. The first-order valence-corrected chi connectivity index (χ1v) is 13.8.